The number of aryl methyl sites for hydroxylation is 2. The molecule has 0 spiro atoms. The average Bonchev–Trinajstić information content (AvgIpc) is 3.41. The molecule has 0 aromatic heterocycles. The first-order valence-electron chi connectivity index (χ1n) is 8.22. The lowest BCUT2D eigenvalue weighted by Crippen LogP contribution is -2.19. The predicted molar refractivity (Wildman–Crippen MR) is 88.4 cm³/mol. The van der Waals surface area contributed by atoms with Crippen LogP contribution in [0.4, 0.5) is 0 Å². The molecule has 0 bridgehead atoms. The molecule has 2 aromatic carbocycles. The topological polar surface area (TPSA) is 34.3 Å². The molecule has 0 saturated carbocycles. The van der Waals surface area contributed by atoms with Crippen molar-refractivity contribution in [2.45, 2.75) is 38.3 Å². The normalized spacial score (nSPS) is 25.0. The summed E-state index contributed by atoms with van der Waals surface area (Å²) in [5.74, 6) is 0. The van der Waals surface area contributed by atoms with Crippen LogP contribution in [-0.4, -0.2) is 25.4 Å². The van der Waals surface area contributed by atoms with Crippen LogP contribution in [0.1, 0.15) is 34.5 Å². The fraction of sp³-hybridized carbons (Fsp3) is 0.400. The number of rotatable bonds is 6. The fourth-order valence-corrected chi connectivity index (χ4v) is 3.07. The highest BCUT2D eigenvalue weighted by Crippen LogP contribution is 2.40. The maximum Gasteiger partial charge on any atom is 0.112 e. The zero-order valence-electron chi connectivity index (χ0n) is 13.6. The van der Waals surface area contributed by atoms with Crippen molar-refractivity contribution in [2.24, 2.45) is 0 Å². The Morgan fingerprint density at radius 2 is 1.26 bits per heavy atom. The van der Waals surface area contributed by atoms with E-state index in [0.29, 0.717) is 0 Å². The Morgan fingerprint density at radius 1 is 0.826 bits per heavy atom. The Kier molecular flexibility index (Phi) is 3.93. The molecule has 0 aliphatic carbocycles. The van der Waals surface area contributed by atoms with Gasteiger partial charge in [-0.25, -0.2) is 0 Å². The van der Waals surface area contributed by atoms with Gasteiger partial charge in [0.2, 0.25) is 0 Å². The lowest BCUT2D eigenvalue weighted by molar-refractivity contribution is -0.0419. The summed E-state index contributed by atoms with van der Waals surface area (Å²) in [4.78, 5) is 0. The van der Waals surface area contributed by atoms with E-state index in [4.69, 9.17) is 14.2 Å². The summed E-state index contributed by atoms with van der Waals surface area (Å²) in [7, 11) is 0. The first kappa shape index (κ1) is 14.9. The smallest absolute Gasteiger partial charge is 0.112 e. The Bertz CT molecular complexity index is 629. The van der Waals surface area contributed by atoms with Gasteiger partial charge in [-0.3, -0.25) is 0 Å². The van der Waals surface area contributed by atoms with Gasteiger partial charge in [-0.2, -0.15) is 0 Å². The molecule has 0 radical (unpaired) electrons. The number of hydrogen-bond donors (Lipinski definition) is 0. The number of hydrogen-bond acceptors (Lipinski definition) is 3. The van der Waals surface area contributed by atoms with Crippen LogP contribution in [0, 0.1) is 13.8 Å². The monoisotopic (exact) mass is 310 g/mol. The van der Waals surface area contributed by atoms with E-state index in [-0.39, 0.29) is 24.4 Å². The summed E-state index contributed by atoms with van der Waals surface area (Å²) in [5.41, 5.74) is 4.86. The fourth-order valence-electron chi connectivity index (χ4n) is 3.07. The van der Waals surface area contributed by atoms with E-state index in [9.17, 15) is 0 Å². The number of benzene rings is 2. The van der Waals surface area contributed by atoms with Gasteiger partial charge in [0, 0.05) is 0 Å². The average molecular weight is 310 g/mol. The van der Waals surface area contributed by atoms with Gasteiger partial charge in [-0.1, -0.05) is 59.7 Å². The van der Waals surface area contributed by atoms with E-state index in [2.05, 4.69) is 62.4 Å². The molecule has 2 aliphatic rings. The molecule has 2 heterocycles. The van der Waals surface area contributed by atoms with Crippen molar-refractivity contribution in [1.29, 1.82) is 0 Å². The van der Waals surface area contributed by atoms with Crippen LogP contribution in [0.3, 0.4) is 0 Å². The molecule has 2 fully saturated rings. The molecule has 2 aliphatic heterocycles. The standard InChI is InChI=1S/C20H22O3/c1-13-5-3-7-15(9-13)19(17-11-21-17)23-20(18-12-22-18)16-8-4-6-14(2)10-16/h3-10,17-20H,11-12H2,1-2H3/t17?,18?,19-,20-/m1/s1. The van der Waals surface area contributed by atoms with Crippen LogP contribution in [0.25, 0.3) is 0 Å². The number of ether oxygens (including phenoxy) is 3. The van der Waals surface area contributed by atoms with E-state index in [0.717, 1.165) is 13.2 Å². The Hall–Kier alpha value is -1.68. The van der Waals surface area contributed by atoms with Crippen molar-refractivity contribution >= 4 is 0 Å². The van der Waals surface area contributed by atoms with Gasteiger partial charge in [0.05, 0.1) is 13.2 Å². The van der Waals surface area contributed by atoms with Crippen LogP contribution in [-0.2, 0) is 14.2 Å². The summed E-state index contributed by atoms with van der Waals surface area (Å²) in [5, 5.41) is 0. The minimum atomic E-state index is -0.0374. The summed E-state index contributed by atoms with van der Waals surface area (Å²) in [6.45, 7) is 5.75. The maximum absolute atomic E-state index is 6.53. The van der Waals surface area contributed by atoms with Crippen molar-refractivity contribution in [2.75, 3.05) is 13.2 Å². The molecule has 3 nitrogen and oxygen atoms in total. The van der Waals surface area contributed by atoms with E-state index < -0.39 is 0 Å². The molecule has 2 aromatic rings. The van der Waals surface area contributed by atoms with Crippen molar-refractivity contribution < 1.29 is 14.2 Å². The van der Waals surface area contributed by atoms with E-state index in [1.165, 1.54) is 22.3 Å². The van der Waals surface area contributed by atoms with Crippen molar-refractivity contribution in [1.82, 2.24) is 0 Å². The highest BCUT2D eigenvalue weighted by Gasteiger charge is 2.42. The third-order valence-electron chi connectivity index (χ3n) is 4.43. The highest BCUT2D eigenvalue weighted by molar-refractivity contribution is 5.28. The largest absolute Gasteiger partial charge is 0.370 e. The van der Waals surface area contributed by atoms with E-state index in [1.54, 1.807) is 0 Å². The molecular formula is C20H22O3. The van der Waals surface area contributed by atoms with Crippen LogP contribution in [0.15, 0.2) is 48.5 Å². The van der Waals surface area contributed by atoms with Crippen molar-refractivity contribution in [3.63, 3.8) is 0 Å². The molecular weight excluding hydrogens is 288 g/mol. The Labute approximate surface area is 137 Å². The molecule has 0 N–H and O–H groups in total. The van der Waals surface area contributed by atoms with E-state index in [1.807, 2.05) is 0 Å². The molecule has 120 valence electrons. The van der Waals surface area contributed by atoms with Crippen LogP contribution < -0.4 is 0 Å². The zero-order valence-corrected chi connectivity index (χ0v) is 13.6. The van der Waals surface area contributed by atoms with Crippen molar-refractivity contribution in [3.05, 3.63) is 70.8 Å². The van der Waals surface area contributed by atoms with Gasteiger partial charge in [-0.05, 0) is 25.0 Å². The maximum atomic E-state index is 6.53. The summed E-state index contributed by atoms with van der Waals surface area (Å²) < 4.78 is 17.7. The SMILES string of the molecule is Cc1cccc([C@@H](O[C@H](c2cccc(C)c2)C2CO2)C2CO2)c1. The Morgan fingerprint density at radius 3 is 1.61 bits per heavy atom. The van der Waals surface area contributed by atoms with Gasteiger partial charge in [-0.15, -0.1) is 0 Å². The van der Waals surface area contributed by atoms with Crippen LogP contribution in [0.5, 0.6) is 0 Å². The van der Waals surface area contributed by atoms with Gasteiger partial charge < -0.3 is 14.2 Å². The van der Waals surface area contributed by atoms with Crippen molar-refractivity contribution in [3.8, 4) is 0 Å². The highest BCUT2D eigenvalue weighted by atomic mass is 16.6. The molecule has 4 rings (SSSR count). The second-order valence-electron chi connectivity index (χ2n) is 6.55. The quantitative estimate of drug-likeness (QED) is 0.759. The number of epoxide rings is 2. The molecule has 0 amide bonds. The van der Waals surface area contributed by atoms with Crippen LogP contribution >= 0.6 is 0 Å². The van der Waals surface area contributed by atoms with Gasteiger partial charge >= 0.3 is 0 Å². The van der Waals surface area contributed by atoms with Gasteiger partial charge in [0.15, 0.2) is 0 Å². The van der Waals surface area contributed by atoms with Gasteiger partial charge in [0.25, 0.3) is 0 Å². The first-order chi connectivity index (χ1) is 11.2. The summed E-state index contributed by atoms with van der Waals surface area (Å²) in [6, 6.07) is 17.0. The lowest BCUT2D eigenvalue weighted by Gasteiger charge is -2.24. The molecule has 2 saturated heterocycles. The van der Waals surface area contributed by atoms with Crippen LogP contribution in [0.2, 0.25) is 0 Å². The first-order valence-corrected chi connectivity index (χ1v) is 8.22. The predicted octanol–water partition coefficient (Wildman–Crippen LogP) is 3.90. The second-order valence-corrected chi connectivity index (χ2v) is 6.55. The van der Waals surface area contributed by atoms with Gasteiger partial charge in [0.1, 0.15) is 24.4 Å². The molecule has 3 heteroatoms. The zero-order chi connectivity index (χ0) is 15.8. The van der Waals surface area contributed by atoms with E-state index >= 15 is 0 Å². The minimum absolute atomic E-state index is 0.0374. The third kappa shape index (κ3) is 3.47. The second kappa shape index (κ2) is 6.08. The lowest BCUT2D eigenvalue weighted by atomic mass is 10.0. The Balaban J connectivity index is 1.61. The minimum Gasteiger partial charge on any atom is -0.370 e. The molecule has 4 atom stereocenters. The molecule has 2 unspecified atom stereocenters. The summed E-state index contributed by atoms with van der Waals surface area (Å²) in [6.07, 6.45) is 0.236. The third-order valence-corrected chi connectivity index (χ3v) is 4.43. The summed E-state index contributed by atoms with van der Waals surface area (Å²) >= 11 is 0. The molecule has 23 heavy (non-hydrogen) atoms.